The molecule has 0 unspecified atom stereocenters. The molecule has 0 fully saturated rings. The Morgan fingerprint density at radius 2 is 1.38 bits per heavy atom. The molecule has 5 nitrogen and oxygen atoms in total. The zero-order valence-corrected chi connectivity index (χ0v) is 14.9. The highest BCUT2D eigenvalue weighted by atomic mass is 79.9. The van der Waals surface area contributed by atoms with Gasteiger partial charge in [-0.15, -0.1) is 0 Å². The van der Waals surface area contributed by atoms with Gasteiger partial charge in [0.1, 0.15) is 0 Å². The Balaban J connectivity index is 3.18. The predicted octanol–water partition coefficient (Wildman–Crippen LogP) is 4.13. The Kier molecular flexibility index (Phi) is 12.3. The Morgan fingerprint density at radius 1 is 0.952 bits per heavy atom. The van der Waals surface area contributed by atoms with Crippen LogP contribution in [0.1, 0.15) is 57.8 Å². The summed E-state index contributed by atoms with van der Waals surface area (Å²) in [7, 11) is -3.80. The first-order chi connectivity index (χ1) is 9.83. The summed E-state index contributed by atoms with van der Waals surface area (Å²) in [5.74, 6) is -0.398. The molecule has 124 valence electrons. The largest absolute Gasteiger partial charge is 0.462 e. The third-order valence-electron chi connectivity index (χ3n) is 3.05. The van der Waals surface area contributed by atoms with Gasteiger partial charge in [0, 0.05) is 6.16 Å². The quantitative estimate of drug-likeness (QED) is 0.216. The second kappa shape index (κ2) is 12.4. The minimum absolute atomic E-state index is 0.00649. The molecule has 7 heteroatoms. The number of halogens is 1. The van der Waals surface area contributed by atoms with E-state index in [9.17, 15) is 9.36 Å². The molecule has 0 heterocycles. The fourth-order valence-electron chi connectivity index (χ4n) is 1.90. The number of carbonyl (C=O) groups is 1. The van der Waals surface area contributed by atoms with Crippen LogP contribution in [0.2, 0.25) is 0 Å². The highest BCUT2D eigenvalue weighted by Gasteiger charge is 2.10. The summed E-state index contributed by atoms with van der Waals surface area (Å²) in [6, 6.07) is 0. The fourth-order valence-corrected chi connectivity index (χ4v) is 2.65. The molecule has 0 aromatic rings. The van der Waals surface area contributed by atoms with E-state index in [1.54, 1.807) is 0 Å². The number of rotatable bonds is 13. The highest BCUT2D eigenvalue weighted by molar-refractivity contribution is 9.12. The monoisotopic (exact) mass is 384 g/mol. The summed E-state index contributed by atoms with van der Waals surface area (Å²) >= 11 is 2.97. The maximum absolute atomic E-state index is 11.0. The Hall–Kier alpha value is -0.160. The topological polar surface area (TPSA) is 83.8 Å². The van der Waals surface area contributed by atoms with Crippen molar-refractivity contribution in [2.45, 2.75) is 57.8 Å². The van der Waals surface area contributed by atoms with E-state index in [1.165, 1.54) is 0 Å². The molecule has 0 spiro atoms. The van der Waals surface area contributed by atoms with Gasteiger partial charge in [0.15, 0.2) is 0 Å². The molecule has 0 aromatic carbocycles. The first kappa shape index (κ1) is 20.8. The van der Waals surface area contributed by atoms with E-state index in [0.29, 0.717) is 13.0 Å². The van der Waals surface area contributed by atoms with Crippen molar-refractivity contribution in [2.24, 2.45) is 0 Å². The summed E-state index contributed by atoms with van der Waals surface area (Å²) in [4.78, 5) is 28.4. The summed E-state index contributed by atoms with van der Waals surface area (Å²) in [6.07, 6.45) is 8.97. The molecule has 0 saturated carbocycles. The molecule has 21 heavy (non-hydrogen) atoms. The smallest absolute Gasteiger partial charge is 0.344 e. The average Bonchev–Trinajstić information content (AvgIpc) is 2.38. The van der Waals surface area contributed by atoms with Crippen LogP contribution in [0.5, 0.6) is 0 Å². The third kappa shape index (κ3) is 16.0. The van der Waals surface area contributed by atoms with Crippen molar-refractivity contribution in [2.75, 3.05) is 12.8 Å². The second-order valence-corrected chi connectivity index (χ2v) is 7.84. The standard InChI is InChI=1S/C14H26BrO5P/c1-13(15)14(16)20-11-9-7-5-3-2-4-6-8-10-12-21(17,18)19/h1-12H2,(H2,17,18,19). The van der Waals surface area contributed by atoms with E-state index in [1.807, 2.05) is 0 Å². The van der Waals surface area contributed by atoms with Gasteiger partial charge < -0.3 is 14.5 Å². The van der Waals surface area contributed by atoms with E-state index < -0.39 is 13.6 Å². The lowest BCUT2D eigenvalue weighted by molar-refractivity contribution is -0.138. The molecule has 0 aliphatic heterocycles. The normalized spacial score (nSPS) is 11.4. The number of carbonyl (C=O) groups excluding carboxylic acids is 1. The summed E-state index contributed by atoms with van der Waals surface area (Å²) in [6.45, 7) is 3.87. The average molecular weight is 385 g/mol. The summed E-state index contributed by atoms with van der Waals surface area (Å²) in [5.41, 5.74) is 0. The number of unbranched alkanes of at least 4 members (excludes halogenated alkanes) is 8. The highest BCUT2D eigenvalue weighted by Crippen LogP contribution is 2.35. The van der Waals surface area contributed by atoms with Gasteiger partial charge in [-0.25, -0.2) is 4.79 Å². The lowest BCUT2D eigenvalue weighted by Crippen LogP contribution is -2.04. The van der Waals surface area contributed by atoms with Crippen LogP contribution >= 0.6 is 23.5 Å². The summed E-state index contributed by atoms with van der Waals surface area (Å²) < 4.78 is 15.8. The van der Waals surface area contributed by atoms with Crippen molar-refractivity contribution in [3.8, 4) is 0 Å². The lowest BCUT2D eigenvalue weighted by atomic mass is 10.1. The minimum atomic E-state index is -3.80. The summed E-state index contributed by atoms with van der Waals surface area (Å²) in [5, 5.41) is 0. The van der Waals surface area contributed by atoms with Gasteiger partial charge in [-0.2, -0.15) is 0 Å². The van der Waals surface area contributed by atoms with Gasteiger partial charge in [0.2, 0.25) is 0 Å². The number of hydrogen-bond acceptors (Lipinski definition) is 3. The van der Waals surface area contributed by atoms with Gasteiger partial charge >= 0.3 is 13.6 Å². The van der Waals surface area contributed by atoms with Crippen LogP contribution in [0.25, 0.3) is 0 Å². The molecule has 2 N–H and O–H groups in total. The van der Waals surface area contributed by atoms with Crippen LogP contribution in [-0.2, 0) is 14.1 Å². The molecular formula is C14H26BrO5P. The zero-order valence-electron chi connectivity index (χ0n) is 12.4. The van der Waals surface area contributed by atoms with Gasteiger partial charge in [-0.3, -0.25) is 4.57 Å². The van der Waals surface area contributed by atoms with Crippen molar-refractivity contribution >= 4 is 29.5 Å². The van der Waals surface area contributed by atoms with Crippen LogP contribution in [-0.4, -0.2) is 28.5 Å². The van der Waals surface area contributed by atoms with Crippen molar-refractivity contribution in [3.63, 3.8) is 0 Å². The molecule has 0 rings (SSSR count). The first-order valence-electron chi connectivity index (χ1n) is 7.39. The molecule has 0 atom stereocenters. The third-order valence-corrected chi connectivity index (χ3v) is 4.27. The molecule has 0 aliphatic rings. The first-order valence-corrected chi connectivity index (χ1v) is 9.98. The van der Waals surface area contributed by atoms with E-state index in [0.717, 1.165) is 51.4 Å². The molecule has 0 amide bonds. The van der Waals surface area contributed by atoms with Crippen LogP contribution in [0, 0.1) is 0 Å². The van der Waals surface area contributed by atoms with Crippen LogP contribution in [0.3, 0.4) is 0 Å². The van der Waals surface area contributed by atoms with Crippen LogP contribution < -0.4 is 0 Å². The van der Waals surface area contributed by atoms with Crippen LogP contribution in [0.15, 0.2) is 11.1 Å². The maximum atomic E-state index is 11.0. The molecule has 0 bridgehead atoms. The Morgan fingerprint density at radius 3 is 1.81 bits per heavy atom. The van der Waals surface area contributed by atoms with Crippen molar-refractivity contribution in [1.82, 2.24) is 0 Å². The van der Waals surface area contributed by atoms with Gasteiger partial charge in [-0.05, 0) is 28.8 Å². The van der Waals surface area contributed by atoms with E-state index in [2.05, 4.69) is 22.5 Å². The van der Waals surface area contributed by atoms with Gasteiger partial charge in [-0.1, -0.05) is 51.5 Å². The number of hydrogen-bond donors (Lipinski definition) is 2. The fraction of sp³-hybridized carbons (Fsp3) is 0.786. The Labute approximate surface area is 135 Å². The van der Waals surface area contributed by atoms with E-state index in [4.69, 9.17) is 14.5 Å². The van der Waals surface area contributed by atoms with Crippen molar-refractivity contribution < 1.29 is 23.9 Å². The van der Waals surface area contributed by atoms with Gasteiger partial charge in [0.25, 0.3) is 0 Å². The maximum Gasteiger partial charge on any atom is 0.344 e. The zero-order chi connectivity index (χ0) is 16.1. The van der Waals surface area contributed by atoms with E-state index in [-0.39, 0.29) is 10.6 Å². The van der Waals surface area contributed by atoms with Crippen LogP contribution in [0.4, 0.5) is 0 Å². The van der Waals surface area contributed by atoms with Gasteiger partial charge in [0.05, 0.1) is 11.1 Å². The number of esters is 1. The lowest BCUT2D eigenvalue weighted by Gasteiger charge is -2.05. The minimum Gasteiger partial charge on any atom is -0.462 e. The van der Waals surface area contributed by atoms with Crippen molar-refractivity contribution in [3.05, 3.63) is 11.1 Å². The molecule has 0 radical (unpaired) electrons. The molecule has 0 aromatic heterocycles. The predicted molar refractivity (Wildman–Crippen MR) is 87.5 cm³/mol. The van der Waals surface area contributed by atoms with Crippen molar-refractivity contribution in [1.29, 1.82) is 0 Å². The Bertz CT molecular complexity index is 353. The molecule has 0 saturated heterocycles. The molecule has 0 aliphatic carbocycles. The second-order valence-electron chi connectivity index (χ2n) is 5.11. The SMILES string of the molecule is C=C(Br)C(=O)OCCCCCCCCCCCP(=O)(O)O. The molecular weight excluding hydrogens is 359 g/mol. The number of ether oxygens (including phenoxy) is 1. The van der Waals surface area contributed by atoms with E-state index >= 15 is 0 Å².